The summed E-state index contributed by atoms with van der Waals surface area (Å²) in [5, 5.41) is 9.26. The van der Waals surface area contributed by atoms with Crippen molar-refractivity contribution in [1.82, 2.24) is 15.5 Å². The zero-order valence-corrected chi connectivity index (χ0v) is 15.0. The van der Waals surface area contributed by atoms with E-state index in [1.165, 1.54) is 0 Å². The van der Waals surface area contributed by atoms with Gasteiger partial charge in [0.05, 0.1) is 22.7 Å². The van der Waals surface area contributed by atoms with Crippen molar-refractivity contribution in [1.29, 1.82) is 0 Å². The van der Waals surface area contributed by atoms with E-state index in [-0.39, 0.29) is 17.2 Å². The number of hydrogen-bond donors (Lipinski definition) is 2. The third-order valence-corrected chi connectivity index (χ3v) is 6.05. The Morgan fingerprint density at radius 3 is 2.69 bits per heavy atom. The van der Waals surface area contributed by atoms with Gasteiger partial charge in [-0.15, -0.1) is 0 Å². The molecule has 1 aliphatic heterocycles. The maximum absolute atomic E-state index is 12.0. The summed E-state index contributed by atoms with van der Waals surface area (Å²) in [7, 11) is -3.13. The highest BCUT2D eigenvalue weighted by atomic mass is 32.2. The lowest BCUT2D eigenvalue weighted by Crippen LogP contribution is -2.48. The first-order valence-corrected chi connectivity index (χ1v) is 9.88. The Morgan fingerprint density at radius 2 is 2.04 bits per heavy atom. The minimum absolute atomic E-state index is 0.0416. The molecule has 1 amide bonds. The molecule has 1 saturated heterocycles. The lowest BCUT2D eigenvalue weighted by Gasteiger charge is -2.23. The van der Waals surface area contributed by atoms with Crippen LogP contribution in [0.3, 0.4) is 0 Å². The Balaban J connectivity index is 1.54. The van der Waals surface area contributed by atoms with E-state index in [0.29, 0.717) is 12.1 Å². The molecule has 1 fully saturated rings. The van der Waals surface area contributed by atoms with E-state index in [1.807, 2.05) is 30.3 Å². The number of carbonyl (C=O) groups excluding carboxylic acids is 2. The normalized spacial score (nSPS) is 21.3. The number of carbonyl (C=O) groups is 2. The minimum atomic E-state index is -3.13. The summed E-state index contributed by atoms with van der Waals surface area (Å²) in [6.07, 6.45) is 0.343. The van der Waals surface area contributed by atoms with Gasteiger partial charge in [0.1, 0.15) is 5.69 Å². The average molecular weight is 377 g/mol. The van der Waals surface area contributed by atoms with Gasteiger partial charge < -0.3 is 10.1 Å². The van der Waals surface area contributed by atoms with Gasteiger partial charge in [0.25, 0.3) is 5.91 Å². The third-order valence-electron chi connectivity index (χ3n) is 4.15. The van der Waals surface area contributed by atoms with Gasteiger partial charge >= 0.3 is 5.97 Å². The summed E-state index contributed by atoms with van der Waals surface area (Å²) in [6, 6.07) is 10.8. The fraction of sp³-hybridized carbons (Fsp3) is 0.353. The third kappa shape index (κ3) is 4.29. The Bertz CT molecular complexity index is 923. The molecule has 0 spiro atoms. The van der Waals surface area contributed by atoms with Crippen LogP contribution < -0.4 is 5.32 Å². The van der Waals surface area contributed by atoms with Crippen molar-refractivity contribution in [2.45, 2.75) is 18.9 Å². The fourth-order valence-electron chi connectivity index (χ4n) is 2.87. The molecule has 0 saturated carbocycles. The molecular formula is C17H19N3O5S. The van der Waals surface area contributed by atoms with Crippen LogP contribution in [0.5, 0.6) is 0 Å². The summed E-state index contributed by atoms with van der Waals surface area (Å²) >= 11 is 0. The Morgan fingerprint density at radius 1 is 1.31 bits per heavy atom. The van der Waals surface area contributed by atoms with Crippen molar-refractivity contribution >= 4 is 21.7 Å². The van der Waals surface area contributed by atoms with Crippen LogP contribution in [-0.4, -0.2) is 54.1 Å². The monoisotopic (exact) mass is 377 g/mol. The molecular weight excluding hydrogens is 358 g/mol. The molecule has 8 nitrogen and oxygen atoms in total. The van der Waals surface area contributed by atoms with E-state index in [2.05, 4.69) is 15.5 Å². The largest absolute Gasteiger partial charge is 0.451 e. The maximum Gasteiger partial charge on any atom is 0.356 e. The predicted octanol–water partition coefficient (Wildman–Crippen LogP) is 0.927. The first-order chi connectivity index (χ1) is 12.3. The number of nitrogens with one attached hydrogen (secondary N) is 2. The summed E-state index contributed by atoms with van der Waals surface area (Å²) in [5.74, 6) is -1.32. The summed E-state index contributed by atoms with van der Waals surface area (Å²) in [6.45, 7) is 1.17. The standard InChI is InChI=1S/C17H19N3O5S/c1-17(7-8-26(23,24)11-17)18-15(21)10-25-16(22)14-9-13(19-20-14)12-5-3-2-4-6-12/h2-6,9H,7-8,10-11H2,1H3,(H,18,21)(H,19,20)/t17-/m0/s1. The average Bonchev–Trinajstić information content (AvgIpc) is 3.18. The summed E-state index contributed by atoms with van der Waals surface area (Å²) in [5.41, 5.74) is 0.740. The second-order valence-electron chi connectivity index (χ2n) is 6.56. The molecule has 2 N–H and O–H groups in total. The van der Waals surface area contributed by atoms with E-state index < -0.39 is 33.9 Å². The molecule has 9 heteroatoms. The van der Waals surface area contributed by atoms with Gasteiger partial charge in [-0.25, -0.2) is 13.2 Å². The van der Waals surface area contributed by atoms with E-state index in [4.69, 9.17) is 4.74 Å². The van der Waals surface area contributed by atoms with Gasteiger partial charge in [0, 0.05) is 5.56 Å². The molecule has 0 unspecified atom stereocenters. The number of esters is 1. The van der Waals surface area contributed by atoms with Gasteiger partial charge in [-0.3, -0.25) is 9.89 Å². The van der Waals surface area contributed by atoms with Crippen LogP contribution in [0.1, 0.15) is 23.8 Å². The number of benzene rings is 1. The zero-order chi connectivity index (χ0) is 18.8. The van der Waals surface area contributed by atoms with E-state index >= 15 is 0 Å². The number of amides is 1. The van der Waals surface area contributed by atoms with Crippen LogP contribution in [0.2, 0.25) is 0 Å². The zero-order valence-electron chi connectivity index (χ0n) is 14.2. The van der Waals surface area contributed by atoms with Gasteiger partial charge in [-0.2, -0.15) is 5.10 Å². The molecule has 2 heterocycles. The number of hydrogen-bond acceptors (Lipinski definition) is 6. The quantitative estimate of drug-likeness (QED) is 0.748. The second-order valence-corrected chi connectivity index (χ2v) is 8.74. The predicted molar refractivity (Wildman–Crippen MR) is 94.1 cm³/mol. The maximum atomic E-state index is 12.0. The molecule has 0 bridgehead atoms. The van der Waals surface area contributed by atoms with Gasteiger partial charge in [-0.1, -0.05) is 30.3 Å². The molecule has 2 aromatic rings. The van der Waals surface area contributed by atoms with Crippen molar-refractivity contribution in [2.24, 2.45) is 0 Å². The second kappa shape index (κ2) is 6.91. The summed E-state index contributed by atoms with van der Waals surface area (Å²) < 4.78 is 28.1. The van der Waals surface area contributed by atoms with E-state index in [0.717, 1.165) is 5.56 Å². The fourth-order valence-corrected chi connectivity index (χ4v) is 4.97. The first-order valence-electron chi connectivity index (χ1n) is 8.06. The molecule has 1 atom stereocenters. The number of sulfone groups is 1. The first kappa shape index (κ1) is 18.1. The highest BCUT2D eigenvalue weighted by Crippen LogP contribution is 2.22. The van der Waals surface area contributed by atoms with Crippen molar-refractivity contribution in [3.63, 3.8) is 0 Å². The minimum Gasteiger partial charge on any atom is -0.451 e. The van der Waals surface area contributed by atoms with Crippen LogP contribution in [0.15, 0.2) is 36.4 Å². The number of ether oxygens (including phenoxy) is 1. The van der Waals surface area contributed by atoms with Crippen LogP contribution >= 0.6 is 0 Å². The lowest BCUT2D eigenvalue weighted by atomic mass is 10.0. The van der Waals surface area contributed by atoms with Crippen LogP contribution in [0, 0.1) is 0 Å². The Kier molecular flexibility index (Phi) is 4.82. The Labute approximate surface area is 150 Å². The van der Waals surface area contributed by atoms with Gasteiger partial charge in [0.15, 0.2) is 16.4 Å². The number of rotatable bonds is 5. The van der Waals surface area contributed by atoms with Gasteiger partial charge in [-0.05, 0) is 19.4 Å². The molecule has 1 aromatic carbocycles. The number of aromatic nitrogens is 2. The van der Waals surface area contributed by atoms with Crippen molar-refractivity contribution < 1.29 is 22.7 Å². The van der Waals surface area contributed by atoms with Crippen molar-refractivity contribution in [3.05, 3.63) is 42.1 Å². The molecule has 1 aliphatic rings. The molecule has 1 aromatic heterocycles. The molecule has 0 radical (unpaired) electrons. The van der Waals surface area contributed by atoms with Crippen LogP contribution in [0.25, 0.3) is 11.3 Å². The van der Waals surface area contributed by atoms with Crippen LogP contribution in [0.4, 0.5) is 0 Å². The number of aromatic amines is 1. The highest BCUT2D eigenvalue weighted by molar-refractivity contribution is 7.91. The van der Waals surface area contributed by atoms with Crippen molar-refractivity contribution in [2.75, 3.05) is 18.1 Å². The molecule has 138 valence electrons. The SMILES string of the molecule is C[C@]1(NC(=O)COC(=O)c2cc(-c3ccccc3)n[nH]2)CCS(=O)(=O)C1. The molecule has 26 heavy (non-hydrogen) atoms. The molecule has 3 rings (SSSR count). The number of H-pyrrole nitrogens is 1. The Hall–Kier alpha value is -2.68. The lowest BCUT2D eigenvalue weighted by molar-refractivity contribution is -0.125. The van der Waals surface area contributed by atoms with Crippen LogP contribution in [-0.2, 0) is 19.4 Å². The van der Waals surface area contributed by atoms with Gasteiger partial charge in [0.2, 0.25) is 0 Å². The topological polar surface area (TPSA) is 118 Å². The molecule has 0 aliphatic carbocycles. The van der Waals surface area contributed by atoms with E-state index in [1.54, 1.807) is 13.0 Å². The van der Waals surface area contributed by atoms with E-state index in [9.17, 15) is 18.0 Å². The number of nitrogens with zero attached hydrogens (tertiary/aromatic N) is 1. The van der Waals surface area contributed by atoms with Crippen molar-refractivity contribution in [3.8, 4) is 11.3 Å². The highest BCUT2D eigenvalue weighted by Gasteiger charge is 2.39. The summed E-state index contributed by atoms with van der Waals surface area (Å²) in [4.78, 5) is 24.0. The smallest absolute Gasteiger partial charge is 0.356 e.